The summed E-state index contributed by atoms with van der Waals surface area (Å²) in [5, 5.41) is 0. The Hall–Kier alpha value is -1.23. The largest absolute Gasteiger partial charge is 0.389 e. The van der Waals surface area contributed by atoms with Crippen LogP contribution < -0.4 is 10.6 Å². The van der Waals surface area contributed by atoms with Gasteiger partial charge in [-0.1, -0.05) is 12.1 Å². The van der Waals surface area contributed by atoms with Gasteiger partial charge in [-0.3, -0.25) is 0 Å². The van der Waals surface area contributed by atoms with Crippen molar-refractivity contribution in [2.45, 2.75) is 37.9 Å². The zero-order valence-electron chi connectivity index (χ0n) is 10.8. The SMILES string of the molecule is N[C@@H](CCC(F)(F)F)c1ccc(N2CCCC2)cc1. The van der Waals surface area contributed by atoms with Gasteiger partial charge in [0.15, 0.2) is 0 Å². The average Bonchev–Trinajstić information content (AvgIpc) is 2.89. The highest BCUT2D eigenvalue weighted by Crippen LogP contribution is 2.27. The molecule has 2 nitrogen and oxygen atoms in total. The summed E-state index contributed by atoms with van der Waals surface area (Å²) in [5.74, 6) is 0. The van der Waals surface area contributed by atoms with Gasteiger partial charge in [0.05, 0.1) is 0 Å². The van der Waals surface area contributed by atoms with E-state index in [4.69, 9.17) is 5.73 Å². The Balaban J connectivity index is 1.93. The molecule has 0 unspecified atom stereocenters. The van der Waals surface area contributed by atoms with Gasteiger partial charge in [0.1, 0.15) is 0 Å². The standard InChI is InChI=1S/C14H19F3N2/c15-14(16,17)8-7-13(18)11-3-5-12(6-4-11)19-9-1-2-10-19/h3-6,13H,1-2,7-10,18H2/t13-/m0/s1. The third kappa shape index (κ3) is 4.13. The van der Waals surface area contributed by atoms with Crippen molar-refractivity contribution in [1.82, 2.24) is 0 Å². The maximum absolute atomic E-state index is 12.1. The van der Waals surface area contributed by atoms with Crippen molar-refractivity contribution < 1.29 is 13.2 Å². The zero-order chi connectivity index (χ0) is 13.9. The molecule has 1 aliphatic heterocycles. The van der Waals surface area contributed by atoms with Crippen LogP contribution in [-0.4, -0.2) is 19.3 Å². The highest BCUT2D eigenvalue weighted by Gasteiger charge is 2.27. The molecule has 106 valence electrons. The van der Waals surface area contributed by atoms with Crippen molar-refractivity contribution in [3.05, 3.63) is 29.8 Å². The maximum atomic E-state index is 12.1. The molecule has 0 aliphatic carbocycles. The summed E-state index contributed by atoms with van der Waals surface area (Å²) in [6, 6.07) is 7.04. The van der Waals surface area contributed by atoms with Gasteiger partial charge >= 0.3 is 6.18 Å². The molecule has 1 saturated heterocycles. The van der Waals surface area contributed by atoms with Crippen molar-refractivity contribution in [3.8, 4) is 0 Å². The lowest BCUT2D eigenvalue weighted by Crippen LogP contribution is -2.18. The highest BCUT2D eigenvalue weighted by atomic mass is 19.4. The Labute approximate surface area is 111 Å². The summed E-state index contributed by atoms with van der Waals surface area (Å²) in [6.07, 6.45) is -2.62. The summed E-state index contributed by atoms with van der Waals surface area (Å²) >= 11 is 0. The minimum Gasteiger partial charge on any atom is -0.372 e. The van der Waals surface area contributed by atoms with E-state index in [0.29, 0.717) is 0 Å². The first kappa shape index (κ1) is 14.2. The van der Waals surface area contributed by atoms with Crippen LogP contribution in [0, 0.1) is 0 Å². The van der Waals surface area contributed by atoms with Gasteiger partial charge in [0.2, 0.25) is 0 Å². The monoisotopic (exact) mass is 272 g/mol. The molecule has 0 bridgehead atoms. The number of nitrogens with zero attached hydrogens (tertiary/aromatic N) is 1. The van der Waals surface area contributed by atoms with Gasteiger partial charge in [0.25, 0.3) is 0 Å². The minimum absolute atomic E-state index is 0.0629. The number of halogens is 3. The van der Waals surface area contributed by atoms with E-state index in [-0.39, 0.29) is 6.42 Å². The number of alkyl halides is 3. The molecule has 5 heteroatoms. The minimum atomic E-state index is -4.13. The van der Waals surface area contributed by atoms with Crippen LogP contribution in [0.25, 0.3) is 0 Å². The molecule has 1 aromatic carbocycles. The van der Waals surface area contributed by atoms with Crippen molar-refractivity contribution in [2.75, 3.05) is 18.0 Å². The van der Waals surface area contributed by atoms with E-state index in [1.807, 2.05) is 24.3 Å². The molecule has 1 fully saturated rings. The van der Waals surface area contributed by atoms with Gasteiger partial charge in [-0.05, 0) is 37.0 Å². The summed E-state index contributed by atoms with van der Waals surface area (Å²) in [4.78, 5) is 2.28. The zero-order valence-corrected chi connectivity index (χ0v) is 10.8. The Morgan fingerprint density at radius 2 is 1.68 bits per heavy atom. The normalized spacial score (nSPS) is 17.8. The van der Waals surface area contributed by atoms with Crippen molar-refractivity contribution in [2.24, 2.45) is 5.73 Å². The van der Waals surface area contributed by atoms with Gasteiger partial charge < -0.3 is 10.6 Å². The molecule has 2 N–H and O–H groups in total. The first-order valence-corrected chi connectivity index (χ1v) is 6.63. The summed E-state index contributed by atoms with van der Waals surface area (Å²) in [5.41, 5.74) is 7.69. The summed E-state index contributed by atoms with van der Waals surface area (Å²) in [7, 11) is 0. The average molecular weight is 272 g/mol. The van der Waals surface area contributed by atoms with Crippen molar-refractivity contribution in [1.29, 1.82) is 0 Å². The second-order valence-electron chi connectivity index (χ2n) is 5.05. The van der Waals surface area contributed by atoms with Crippen LogP contribution in [0.3, 0.4) is 0 Å². The van der Waals surface area contributed by atoms with Crippen molar-refractivity contribution >= 4 is 5.69 Å². The Morgan fingerprint density at radius 1 is 1.11 bits per heavy atom. The van der Waals surface area contributed by atoms with Crippen LogP contribution in [-0.2, 0) is 0 Å². The van der Waals surface area contributed by atoms with E-state index in [2.05, 4.69) is 4.90 Å². The van der Waals surface area contributed by atoms with Gasteiger partial charge in [0, 0.05) is 31.2 Å². The number of hydrogen-bond acceptors (Lipinski definition) is 2. The van der Waals surface area contributed by atoms with Gasteiger partial charge in [-0.2, -0.15) is 13.2 Å². The highest BCUT2D eigenvalue weighted by molar-refractivity contribution is 5.48. The van der Waals surface area contributed by atoms with Crippen LogP contribution in [0.15, 0.2) is 24.3 Å². The molecule has 1 heterocycles. The van der Waals surface area contributed by atoms with Crippen LogP contribution in [0.2, 0.25) is 0 Å². The lowest BCUT2D eigenvalue weighted by molar-refractivity contribution is -0.136. The third-order valence-corrected chi connectivity index (χ3v) is 3.53. The fourth-order valence-electron chi connectivity index (χ4n) is 2.39. The first-order valence-electron chi connectivity index (χ1n) is 6.63. The molecule has 0 saturated carbocycles. The molecular weight excluding hydrogens is 253 g/mol. The second kappa shape index (κ2) is 5.82. The fourth-order valence-corrected chi connectivity index (χ4v) is 2.39. The third-order valence-electron chi connectivity index (χ3n) is 3.53. The number of hydrogen-bond donors (Lipinski definition) is 1. The molecule has 1 aliphatic rings. The first-order chi connectivity index (χ1) is 8.96. The van der Waals surface area contributed by atoms with E-state index in [1.165, 1.54) is 12.8 Å². The molecule has 0 radical (unpaired) electrons. The van der Waals surface area contributed by atoms with E-state index in [0.717, 1.165) is 24.3 Å². The second-order valence-corrected chi connectivity index (χ2v) is 5.05. The number of benzene rings is 1. The Bertz CT molecular complexity index is 394. The lowest BCUT2D eigenvalue weighted by Gasteiger charge is -2.19. The molecule has 2 rings (SSSR count). The number of rotatable bonds is 4. The summed E-state index contributed by atoms with van der Waals surface area (Å²) < 4.78 is 36.4. The van der Waals surface area contributed by atoms with Crippen LogP contribution >= 0.6 is 0 Å². The van der Waals surface area contributed by atoms with Gasteiger partial charge in [-0.15, -0.1) is 0 Å². The molecule has 19 heavy (non-hydrogen) atoms. The molecule has 0 aromatic heterocycles. The number of anilines is 1. The molecule has 1 aromatic rings. The quantitative estimate of drug-likeness (QED) is 0.907. The number of nitrogens with two attached hydrogens (primary N) is 1. The molecular formula is C14H19F3N2. The molecule has 1 atom stereocenters. The summed E-state index contributed by atoms with van der Waals surface area (Å²) in [6.45, 7) is 2.11. The van der Waals surface area contributed by atoms with Crippen LogP contribution in [0.1, 0.15) is 37.3 Å². The van der Waals surface area contributed by atoms with Crippen LogP contribution in [0.5, 0.6) is 0 Å². The van der Waals surface area contributed by atoms with Gasteiger partial charge in [-0.25, -0.2) is 0 Å². The fraction of sp³-hybridized carbons (Fsp3) is 0.571. The maximum Gasteiger partial charge on any atom is 0.389 e. The smallest absolute Gasteiger partial charge is 0.372 e. The Kier molecular flexibility index (Phi) is 4.34. The topological polar surface area (TPSA) is 29.3 Å². The molecule has 0 amide bonds. The lowest BCUT2D eigenvalue weighted by atomic mass is 10.0. The van der Waals surface area contributed by atoms with E-state index < -0.39 is 18.6 Å². The van der Waals surface area contributed by atoms with E-state index >= 15 is 0 Å². The van der Waals surface area contributed by atoms with E-state index in [9.17, 15) is 13.2 Å². The van der Waals surface area contributed by atoms with Crippen molar-refractivity contribution in [3.63, 3.8) is 0 Å². The predicted molar refractivity (Wildman–Crippen MR) is 70.1 cm³/mol. The molecule has 0 spiro atoms. The predicted octanol–water partition coefficient (Wildman–Crippen LogP) is 3.63. The Morgan fingerprint density at radius 3 is 2.21 bits per heavy atom. The van der Waals surface area contributed by atoms with E-state index in [1.54, 1.807) is 0 Å². The van der Waals surface area contributed by atoms with Crippen LogP contribution in [0.4, 0.5) is 18.9 Å².